The number of anilines is 1. The van der Waals surface area contributed by atoms with Crippen molar-refractivity contribution in [2.75, 3.05) is 31.3 Å². The van der Waals surface area contributed by atoms with Gasteiger partial charge in [0.25, 0.3) is 0 Å². The van der Waals surface area contributed by atoms with Gasteiger partial charge in [-0.3, -0.25) is 5.10 Å². The second-order valence-electron chi connectivity index (χ2n) is 10.0. The van der Waals surface area contributed by atoms with Gasteiger partial charge in [0.05, 0.1) is 35.4 Å². The number of piperidine rings is 1. The van der Waals surface area contributed by atoms with Crippen LogP contribution in [0.15, 0.2) is 36.8 Å². The second kappa shape index (κ2) is 9.85. The monoisotopic (exact) mass is 511 g/mol. The molecule has 3 N–H and O–H groups in total. The summed E-state index contributed by atoms with van der Waals surface area (Å²) < 4.78 is 25.2. The fraction of sp³-hybridized carbons (Fsp3) is 0.440. The number of hydrogen-bond donors (Lipinski definition) is 3. The zero-order valence-electron chi connectivity index (χ0n) is 20.9. The number of amides is 1. The number of rotatable bonds is 6. The summed E-state index contributed by atoms with van der Waals surface area (Å²) >= 11 is 0. The third-order valence-electron chi connectivity index (χ3n) is 6.12. The van der Waals surface area contributed by atoms with E-state index in [2.05, 4.69) is 25.6 Å². The van der Waals surface area contributed by atoms with Crippen molar-refractivity contribution >= 4 is 28.5 Å². The number of carbonyl (C=O) groups excluding carboxylic acids is 1. The fourth-order valence-corrected chi connectivity index (χ4v) is 4.50. The van der Waals surface area contributed by atoms with Gasteiger partial charge in [0.15, 0.2) is 5.65 Å². The Balaban J connectivity index is 1.35. The van der Waals surface area contributed by atoms with Crippen LogP contribution in [0.3, 0.4) is 0 Å². The van der Waals surface area contributed by atoms with E-state index in [-0.39, 0.29) is 6.61 Å². The minimum atomic E-state index is -0.770. The molecule has 37 heavy (non-hydrogen) atoms. The van der Waals surface area contributed by atoms with Crippen molar-refractivity contribution in [1.82, 2.24) is 30.1 Å². The van der Waals surface area contributed by atoms with E-state index in [9.17, 15) is 14.3 Å². The first-order valence-electron chi connectivity index (χ1n) is 12.1. The van der Waals surface area contributed by atoms with E-state index in [1.807, 2.05) is 23.1 Å². The van der Waals surface area contributed by atoms with Crippen molar-refractivity contribution in [3.05, 3.63) is 36.8 Å². The Bertz CT molecular complexity index is 1400. The van der Waals surface area contributed by atoms with Crippen molar-refractivity contribution in [3.63, 3.8) is 0 Å². The van der Waals surface area contributed by atoms with Crippen LogP contribution in [0.25, 0.3) is 27.7 Å². The van der Waals surface area contributed by atoms with Crippen molar-refractivity contribution in [3.8, 4) is 16.9 Å². The van der Waals surface area contributed by atoms with Crippen LogP contribution >= 0.6 is 0 Å². The van der Waals surface area contributed by atoms with Crippen molar-refractivity contribution < 1.29 is 23.8 Å². The molecule has 0 radical (unpaired) electrons. The van der Waals surface area contributed by atoms with E-state index < -0.39 is 30.5 Å². The van der Waals surface area contributed by atoms with Gasteiger partial charge in [-0.05, 0) is 45.4 Å². The minimum Gasteiger partial charge on any atom is -0.489 e. The summed E-state index contributed by atoms with van der Waals surface area (Å²) in [6, 6.07) is 5.27. The molecule has 1 saturated heterocycles. The quantitative estimate of drug-likeness (QED) is 0.360. The molecule has 1 aliphatic rings. The van der Waals surface area contributed by atoms with Crippen LogP contribution in [-0.2, 0) is 4.74 Å². The lowest BCUT2D eigenvalue weighted by molar-refractivity contribution is 0.0402. The van der Waals surface area contributed by atoms with Gasteiger partial charge in [-0.2, -0.15) is 5.10 Å². The number of fused-ring (bicyclic) bond motifs is 3. The molecule has 1 fully saturated rings. The third kappa shape index (κ3) is 5.29. The van der Waals surface area contributed by atoms with Crippen LogP contribution in [0, 0.1) is 0 Å². The molecule has 5 heterocycles. The van der Waals surface area contributed by atoms with Crippen LogP contribution in [0.5, 0.6) is 5.75 Å². The Kier molecular flexibility index (Phi) is 6.59. The van der Waals surface area contributed by atoms with E-state index in [0.717, 1.165) is 22.0 Å². The summed E-state index contributed by atoms with van der Waals surface area (Å²) in [5, 5.41) is 25.7. The SMILES string of the molecule is CC(C)(C)OC(=O)N[C@H]1CCN(c2ccc(-c3cc(OCCF)cn4nc5[nH]ncc5c34)cn2)C[C@H]1O. The number of pyridine rings is 2. The highest BCUT2D eigenvalue weighted by atomic mass is 19.1. The highest BCUT2D eigenvalue weighted by molar-refractivity contribution is 6.00. The van der Waals surface area contributed by atoms with Crippen LogP contribution in [0.2, 0.25) is 0 Å². The van der Waals surface area contributed by atoms with E-state index >= 15 is 0 Å². The molecule has 4 aromatic heterocycles. The van der Waals surface area contributed by atoms with Gasteiger partial charge >= 0.3 is 6.09 Å². The molecule has 0 spiro atoms. The summed E-state index contributed by atoms with van der Waals surface area (Å²) in [6.45, 7) is 5.67. The number of β-amino-alcohol motifs (C(OH)–C–C–N with tert-alkyl or cyclic N) is 1. The third-order valence-corrected chi connectivity index (χ3v) is 6.12. The van der Waals surface area contributed by atoms with Gasteiger partial charge in [-0.25, -0.2) is 18.7 Å². The molecule has 4 aromatic rings. The predicted octanol–water partition coefficient (Wildman–Crippen LogP) is 3.09. The molecular formula is C25H30FN7O4. The van der Waals surface area contributed by atoms with Crippen molar-refractivity contribution in [1.29, 1.82) is 0 Å². The van der Waals surface area contributed by atoms with Crippen LogP contribution in [0.1, 0.15) is 27.2 Å². The number of nitrogens with zero attached hydrogens (tertiary/aromatic N) is 5. The molecule has 196 valence electrons. The summed E-state index contributed by atoms with van der Waals surface area (Å²) in [7, 11) is 0. The van der Waals surface area contributed by atoms with E-state index in [1.165, 1.54) is 0 Å². The first-order valence-corrected chi connectivity index (χ1v) is 12.1. The largest absolute Gasteiger partial charge is 0.489 e. The molecule has 0 bridgehead atoms. The molecule has 2 atom stereocenters. The molecule has 5 rings (SSSR count). The summed E-state index contributed by atoms with van der Waals surface area (Å²) in [5.41, 5.74) is 2.50. The number of halogens is 1. The fourth-order valence-electron chi connectivity index (χ4n) is 4.50. The molecule has 1 amide bonds. The number of alkyl carbamates (subject to hydrolysis) is 1. The molecule has 0 unspecified atom stereocenters. The second-order valence-corrected chi connectivity index (χ2v) is 10.0. The topological polar surface area (TPSA) is 130 Å². The lowest BCUT2D eigenvalue weighted by Crippen LogP contribution is -2.55. The number of nitrogens with one attached hydrogen (secondary N) is 2. The molecule has 0 aromatic carbocycles. The Morgan fingerprint density at radius 3 is 2.86 bits per heavy atom. The summed E-state index contributed by atoms with van der Waals surface area (Å²) in [4.78, 5) is 18.7. The average molecular weight is 512 g/mol. The van der Waals surface area contributed by atoms with Crippen LogP contribution in [-0.4, -0.2) is 80.1 Å². The Labute approximate surface area is 212 Å². The maximum Gasteiger partial charge on any atom is 0.407 e. The van der Waals surface area contributed by atoms with Gasteiger partial charge in [-0.1, -0.05) is 0 Å². The average Bonchev–Trinajstić information content (AvgIpc) is 3.44. The number of aliphatic hydroxyl groups excluding tert-OH is 1. The van der Waals surface area contributed by atoms with E-state index in [4.69, 9.17) is 9.47 Å². The van der Waals surface area contributed by atoms with Crippen LogP contribution < -0.4 is 15.0 Å². The summed E-state index contributed by atoms with van der Waals surface area (Å²) in [6.07, 6.45) is 4.41. The Hall–Kier alpha value is -3.93. The predicted molar refractivity (Wildman–Crippen MR) is 136 cm³/mol. The Morgan fingerprint density at radius 2 is 2.16 bits per heavy atom. The highest BCUT2D eigenvalue weighted by Crippen LogP contribution is 2.33. The normalized spacial score (nSPS) is 18.4. The number of ether oxygens (including phenoxy) is 2. The van der Waals surface area contributed by atoms with Gasteiger partial charge < -0.3 is 24.8 Å². The van der Waals surface area contributed by atoms with E-state index in [1.54, 1.807) is 43.9 Å². The zero-order chi connectivity index (χ0) is 26.2. The maximum atomic E-state index is 12.7. The first kappa shape index (κ1) is 24.8. The standard InChI is InChI=1S/C25H30FN7O4/c1-25(2,3)37-24(35)29-19-6-8-32(14-20(19)34)21-5-4-15(11-27-21)17-10-16(36-9-7-26)13-33-22(17)18-12-28-30-23(18)31-33/h4-5,10-13,19-20,34H,6-9,14H2,1-3H3,(H,29,35)(H,30,31)/t19-,20+/m0/s1. The maximum absolute atomic E-state index is 12.7. The number of H-pyrrole nitrogens is 1. The van der Waals surface area contributed by atoms with Gasteiger partial charge in [-0.15, -0.1) is 5.10 Å². The zero-order valence-corrected chi connectivity index (χ0v) is 20.9. The molecule has 0 saturated carbocycles. The number of hydrogen-bond acceptors (Lipinski definition) is 8. The van der Waals surface area contributed by atoms with E-state index in [0.29, 0.717) is 36.7 Å². The van der Waals surface area contributed by atoms with Gasteiger partial charge in [0.2, 0.25) is 0 Å². The first-order chi connectivity index (χ1) is 17.7. The van der Waals surface area contributed by atoms with Crippen molar-refractivity contribution in [2.24, 2.45) is 0 Å². The lowest BCUT2D eigenvalue weighted by atomic mass is 10.0. The highest BCUT2D eigenvalue weighted by Gasteiger charge is 2.31. The number of aromatic amines is 1. The van der Waals surface area contributed by atoms with Gasteiger partial charge in [0, 0.05) is 30.4 Å². The lowest BCUT2D eigenvalue weighted by Gasteiger charge is -2.37. The minimum absolute atomic E-state index is 0.0517. The molecule has 1 aliphatic heterocycles. The molecule has 11 nitrogen and oxygen atoms in total. The van der Waals surface area contributed by atoms with Gasteiger partial charge in [0.1, 0.15) is 30.4 Å². The molecule has 0 aliphatic carbocycles. The molecule has 12 heteroatoms. The van der Waals surface area contributed by atoms with Crippen LogP contribution in [0.4, 0.5) is 15.0 Å². The van der Waals surface area contributed by atoms with Crippen molar-refractivity contribution in [2.45, 2.75) is 44.9 Å². The summed E-state index contributed by atoms with van der Waals surface area (Å²) in [5.74, 6) is 1.20. The number of alkyl halides is 1. The number of aromatic nitrogens is 5. The Morgan fingerprint density at radius 1 is 1.32 bits per heavy atom. The molecular weight excluding hydrogens is 481 g/mol. The smallest absolute Gasteiger partial charge is 0.407 e. The number of carbonyl (C=O) groups is 1. The number of aliphatic hydroxyl groups is 1.